The van der Waals surface area contributed by atoms with E-state index >= 15 is 0 Å². The van der Waals surface area contributed by atoms with Gasteiger partial charge < -0.3 is 25.4 Å². The number of carboxylic acids is 1. The Morgan fingerprint density at radius 1 is 1.08 bits per heavy atom. The van der Waals surface area contributed by atoms with E-state index in [1.165, 1.54) is 4.57 Å². The van der Waals surface area contributed by atoms with Gasteiger partial charge in [0.1, 0.15) is 5.75 Å². The Kier molecular flexibility index (Phi) is 7.68. The first-order valence-electron chi connectivity index (χ1n) is 11.6. The highest BCUT2D eigenvalue weighted by molar-refractivity contribution is 6.31. The Bertz CT molecular complexity index is 1440. The van der Waals surface area contributed by atoms with Gasteiger partial charge in [-0.1, -0.05) is 41.9 Å². The summed E-state index contributed by atoms with van der Waals surface area (Å²) in [6.45, 7) is 0.102. The smallest absolute Gasteiger partial charge is 0.416 e. The number of pyridine rings is 1. The summed E-state index contributed by atoms with van der Waals surface area (Å²) in [7, 11) is 0. The van der Waals surface area contributed by atoms with E-state index in [0.29, 0.717) is 41.1 Å². The number of aliphatic carboxylic acids is 1. The molecule has 200 valence electrons. The zero-order chi connectivity index (χ0) is 27.6. The van der Waals surface area contributed by atoms with E-state index in [4.69, 9.17) is 11.6 Å². The van der Waals surface area contributed by atoms with Crippen LogP contribution in [0.25, 0.3) is 0 Å². The minimum atomic E-state index is -4.58. The van der Waals surface area contributed by atoms with Crippen LogP contribution < -0.4 is 16.2 Å². The third-order valence-electron chi connectivity index (χ3n) is 6.35. The Morgan fingerprint density at radius 2 is 1.76 bits per heavy atom. The van der Waals surface area contributed by atoms with Crippen molar-refractivity contribution in [1.82, 2.24) is 9.88 Å². The summed E-state index contributed by atoms with van der Waals surface area (Å²) in [5.41, 5.74) is -0.0788. The SMILES string of the molecule is O=C(O)C[C@H](NC(=O)Nc1c(O)c2c(n(Cc3ccccc3Cl)c1=O)CCC2)c1ccc(C(F)(F)F)cc1. The fourth-order valence-electron chi connectivity index (χ4n) is 4.51. The molecule has 0 fully saturated rings. The number of rotatable bonds is 7. The van der Waals surface area contributed by atoms with Gasteiger partial charge in [-0.25, -0.2) is 4.79 Å². The molecule has 1 aliphatic carbocycles. The first kappa shape index (κ1) is 27.1. The maximum Gasteiger partial charge on any atom is 0.416 e. The van der Waals surface area contributed by atoms with E-state index < -0.39 is 47.4 Å². The van der Waals surface area contributed by atoms with Crippen molar-refractivity contribution in [3.8, 4) is 5.75 Å². The normalized spacial score (nSPS) is 13.6. The van der Waals surface area contributed by atoms with E-state index in [2.05, 4.69) is 10.6 Å². The van der Waals surface area contributed by atoms with E-state index in [1.807, 2.05) is 0 Å². The summed E-state index contributed by atoms with van der Waals surface area (Å²) in [6, 6.07) is 8.43. The van der Waals surface area contributed by atoms with Crippen LogP contribution in [0, 0.1) is 0 Å². The lowest BCUT2D eigenvalue weighted by Crippen LogP contribution is -2.37. The number of alkyl halides is 3. The molecule has 8 nitrogen and oxygen atoms in total. The molecule has 12 heteroatoms. The maximum absolute atomic E-state index is 13.4. The molecule has 38 heavy (non-hydrogen) atoms. The minimum absolute atomic E-state index is 0.102. The van der Waals surface area contributed by atoms with Gasteiger partial charge in [0.15, 0.2) is 5.69 Å². The molecule has 2 amide bonds. The Hall–Kier alpha value is -3.99. The van der Waals surface area contributed by atoms with Gasteiger partial charge in [-0.15, -0.1) is 0 Å². The van der Waals surface area contributed by atoms with Crippen LogP contribution in [0.4, 0.5) is 23.7 Å². The molecule has 2 aromatic carbocycles. The molecule has 3 aromatic rings. The van der Waals surface area contributed by atoms with E-state index in [9.17, 15) is 37.8 Å². The molecular weight excluding hydrogens is 527 g/mol. The molecule has 1 aromatic heterocycles. The van der Waals surface area contributed by atoms with Crippen LogP contribution in [0.2, 0.25) is 5.02 Å². The number of anilines is 1. The van der Waals surface area contributed by atoms with Gasteiger partial charge in [-0.3, -0.25) is 9.59 Å². The van der Waals surface area contributed by atoms with Gasteiger partial charge in [-0.05, 0) is 48.6 Å². The summed E-state index contributed by atoms with van der Waals surface area (Å²) in [5, 5.41) is 25.2. The molecule has 1 heterocycles. The number of nitrogens with zero attached hydrogens (tertiary/aromatic N) is 1. The van der Waals surface area contributed by atoms with Crippen LogP contribution in [-0.2, 0) is 30.4 Å². The number of nitrogens with one attached hydrogen (secondary N) is 2. The molecule has 0 bridgehead atoms. The molecule has 0 radical (unpaired) electrons. The van der Waals surface area contributed by atoms with Crippen LogP contribution in [0.3, 0.4) is 0 Å². The summed E-state index contributed by atoms with van der Waals surface area (Å²) < 4.78 is 40.2. The second-order valence-corrected chi connectivity index (χ2v) is 9.26. The van der Waals surface area contributed by atoms with Gasteiger partial charge >= 0.3 is 18.2 Å². The van der Waals surface area contributed by atoms with Crippen molar-refractivity contribution in [3.05, 3.63) is 91.9 Å². The lowest BCUT2D eigenvalue weighted by molar-refractivity contribution is -0.138. The van der Waals surface area contributed by atoms with E-state index in [-0.39, 0.29) is 17.9 Å². The quantitative estimate of drug-likeness (QED) is 0.327. The zero-order valence-corrected chi connectivity index (χ0v) is 20.6. The molecule has 0 aliphatic heterocycles. The fourth-order valence-corrected chi connectivity index (χ4v) is 4.70. The minimum Gasteiger partial charge on any atom is -0.505 e. The number of carbonyl (C=O) groups is 2. The highest BCUT2D eigenvalue weighted by Gasteiger charge is 2.31. The number of fused-ring (bicyclic) bond motifs is 1. The number of hydrogen-bond donors (Lipinski definition) is 4. The fraction of sp³-hybridized carbons (Fsp3) is 0.269. The van der Waals surface area contributed by atoms with Crippen molar-refractivity contribution in [2.24, 2.45) is 0 Å². The molecule has 0 unspecified atom stereocenters. The predicted molar refractivity (Wildman–Crippen MR) is 134 cm³/mol. The van der Waals surface area contributed by atoms with Crippen LogP contribution in [0.1, 0.15) is 46.8 Å². The number of amides is 2. The first-order chi connectivity index (χ1) is 18.0. The summed E-state index contributed by atoms with van der Waals surface area (Å²) in [5.74, 6) is -1.69. The topological polar surface area (TPSA) is 121 Å². The predicted octanol–water partition coefficient (Wildman–Crippen LogP) is 5.10. The molecule has 4 rings (SSSR count). The highest BCUT2D eigenvalue weighted by atomic mass is 35.5. The number of halogens is 4. The van der Waals surface area contributed by atoms with Crippen LogP contribution in [0.15, 0.2) is 53.3 Å². The van der Waals surface area contributed by atoms with Gasteiger partial charge in [-0.2, -0.15) is 13.2 Å². The van der Waals surface area contributed by atoms with Crippen molar-refractivity contribution in [3.63, 3.8) is 0 Å². The average molecular weight is 550 g/mol. The van der Waals surface area contributed by atoms with Gasteiger partial charge in [0.25, 0.3) is 5.56 Å². The molecular formula is C26H23ClF3N3O5. The Labute approximate surface area is 219 Å². The number of benzene rings is 2. The third-order valence-corrected chi connectivity index (χ3v) is 6.71. The molecule has 0 saturated heterocycles. The van der Waals surface area contributed by atoms with E-state index in [1.54, 1.807) is 24.3 Å². The maximum atomic E-state index is 13.4. The number of hydrogen-bond acceptors (Lipinski definition) is 4. The molecule has 0 saturated carbocycles. The van der Waals surface area contributed by atoms with Crippen molar-refractivity contribution in [1.29, 1.82) is 0 Å². The number of urea groups is 1. The van der Waals surface area contributed by atoms with Gasteiger partial charge in [0.05, 0.1) is 24.6 Å². The van der Waals surface area contributed by atoms with Gasteiger partial charge in [0.2, 0.25) is 0 Å². The summed E-state index contributed by atoms with van der Waals surface area (Å²) in [6.07, 6.45) is -3.50. The summed E-state index contributed by atoms with van der Waals surface area (Å²) in [4.78, 5) is 37.6. The lowest BCUT2D eigenvalue weighted by Gasteiger charge is -2.20. The monoisotopic (exact) mass is 549 g/mol. The standard InChI is InChI=1S/C26H23ClF3N3O5/c27-18-6-2-1-4-15(18)13-33-20-7-3-5-17(20)23(36)22(24(33)37)32-25(38)31-19(12-21(34)35)14-8-10-16(11-9-14)26(28,29)30/h1-2,4,6,8-11,19,36H,3,5,7,12-13H2,(H,34,35)(H2,31,32,38)/t19-/m0/s1. The largest absolute Gasteiger partial charge is 0.505 e. The van der Waals surface area contributed by atoms with Crippen LogP contribution >= 0.6 is 11.6 Å². The van der Waals surface area contributed by atoms with Gasteiger partial charge in [0, 0.05) is 16.3 Å². The van der Waals surface area contributed by atoms with Crippen LogP contribution in [-0.4, -0.2) is 26.8 Å². The van der Waals surface area contributed by atoms with Crippen LogP contribution in [0.5, 0.6) is 5.75 Å². The van der Waals surface area contributed by atoms with E-state index in [0.717, 1.165) is 24.3 Å². The molecule has 4 N–H and O–H groups in total. The van der Waals surface area contributed by atoms with Crippen molar-refractivity contribution in [2.75, 3.05) is 5.32 Å². The number of carbonyl (C=O) groups excluding carboxylic acids is 1. The Morgan fingerprint density at radius 3 is 2.39 bits per heavy atom. The lowest BCUT2D eigenvalue weighted by atomic mass is 10.0. The average Bonchev–Trinajstić information content (AvgIpc) is 3.34. The zero-order valence-electron chi connectivity index (χ0n) is 19.8. The number of carboxylic acid groups (broad SMARTS) is 1. The second-order valence-electron chi connectivity index (χ2n) is 8.85. The highest BCUT2D eigenvalue weighted by Crippen LogP contribution is 2.34. The van der Waals surface area contributed by atoms with Crippen molar-refractivity contribution < 1.29 is 33.0 Å². The second kappa shape index (κ2) is 10.8. The number of aromatic nitrogens is 1. The Balaban J connectivity index is 1.63. The third kappa shape index (κ3) is 5.77. The first-order valence-corrected chi connectivity index (χ1v) is 12.0. The van der Waals surface area contributed by atoms with Crippen molar-refractivity contribution in [2.45, 2.75) is 44.4 Å². The number of aromatic hydroxyl groups is 1. The molecule has 1 aliphatic rings. The summed E-state index contributed by atoms with van der Waals surface area (Å²) >= 11 is 6.27. The van der Waals surface area contributed by atoms with Crippen molar-refractivity contribution >= 4 is 29.3 Å². The molecule has 1 atom stereocenters. The molecule has 0 spiro atoms.